The van der Waals surface area contributed by atoms with Crippen LogP contribution in [0.1, 0.15) is 5.56 Å². The Bertz CT molecular complexity index is 1220. The lowest BCUT2D eigenvalue weighted by Crippen LogP contribution is -2.12. The number of aromatic nitrogens is 3. The fraction of sp³-hybridized carbons (Fsp3) is 0.111. The summed E-state index contributed by atoms with van der Waals surface area (Å²) >= 11 is 1.06. The average molecular weight is 455 g/mol. The van der Waals surface area contributed by atoms with Crippen LogP contribution in [0.3, 0.4) is 0 Å². The van der Waals surface area contributed by atoms with E-state index >= 15 is 0 Å². The van der Waals surface area contributed by atoms with Gasteiger partial charge in [0.1, 0.15) is 4.21 Å². The van der Waals surface area contributed by atoms with Gasteiger partial charge < -0.3 is 9.84 Å². The average Bonchev–Trinajstić information content (AvgIpc) is 3.42. The first-order valence-electron chi connectivity index (χ1n) is 8.24. The maximum absolute atomic E-state index is 14.3. The molecule has 0 aliphatic rings. The molecule has 0 radical (unpaired) electrons. The number of thiophene rings is 1. The molecule has 0 saturated heterocycles. The summed E-state index contributed by atoms with van der Waals surface area (Å²) < 4.78 is 47.2. The van der Waals surface area contributed by atoms with Crippen molar-refractivity contribution in [1.29, 1.82) is 0 Å². The van der Waals surface area contributed by atoms with Crippen LogP contribution < -0.4 is 5.32 Å². The monoisotopic (exact) mass is 454 g/mol. The first-order chi connectivity index (χ1) is 13.5. The molecule has 4 aromatic heterocycles. The molecule has 0 saturated carbocycles. The Kier molecular flexibility index (Phi) is 6.18. The zero-order valence-electron chi connectivity index (χ0n) is 15.1. The second kappa shape index (κ2) is 8.46. The molecule has 1 N–H and O–H groups in total. The fourth-order valence-corrected chi connectivity index (χ4v) is 5.55. The smallest absolute Gasteiger partial charge is 0.277 e. The molecular weight excluding hydrogens is 439 g/mol. The first kappa shape index (κ1) is 21.2. The van der Waals surface area contributed by atoms with Gasteiger partial charge in [-0.3, -0.25) is 0 Å². The van der Waals surface area contributed by atoms with E-state index in [9.17, 15) is 12.8 Å². The quantitative estimate of drug-likeness (QED) is 0.446. The van der Waals surface area contributed by atoms with Crippen molar-refractivity contribution in [3.05, 3.63) is 66.5 Å². The van der Waals surface area contributed by atoms with Crippen LogP contribution in [-0.4, -0.2) is 29.6 Å². The Morgan fingerprint density at radius 2 is 2.07 bits per heavy atom. The van der Waals surface area contributed by atoms with Gasteiger partial charge in [-0.1, -0.05) is 5.16 Å². The van der Waals surface area contributed by atoms with E-state index < -0.39 is 16.0 Å². The van der Waals surface area contributed by atoms with Gasteiger partial charge in [0, 0.05) is 25.0 Å². The van der Waals surface area contributed by atoms with Crippen molar-refractivity contribution < 1.29 is 17.3 Å². The Balaban J connectivity index is 0.00000240. The molecule has 11 heteroatoms. The lowest BCUT2D eigenvalue weighted by molar-refractivity contribution is 0.433. The number of hydrogen-bond acceptors (Lipinski definition) is 7. The van der Waals surface area contributed by atoms with Crippen LogP contribution in [0.25, 0.3) is 21.9 Å². The number of hydrogen-bond donors (Lipinski definition) is 1. The molecular formula is C18H16ClFN4O3S2. The van der Waals surface area contributed by atoms with Crippen molar-refractivity contribution in [2.45, 2.75) is 10.8 Å². The van der Waals surface area contributed by atoms with Crippen molar-refractivity contribution in [1.82, 2.24) is 19.4 Å². The summed E-state index contributed by atoms with van der Waals surface area (Å²) in [7, 11) is -2.20. The maximum atomic E-state index is 14.3. The van der Waals surface area contributed by atoms with Crippen LogP contribution in [-0.2, 0) is 16.6 Å². The van der Waals surface area contributed by atoms with E-state index in [-0.39, 0.29) is 27.9 Å². The van der Waals surface area contributed by atoms with E-state index in [0.717, 1.165) is 15.3 Å². The van der Waals surface area contributed by atoms with E-state index in [1.54, 1.807) is 31.3 Å². The highest BCUT2D eigenvalue weighted by atomic mass is 35.5. The van der Waals surface area contributed by atoms with Gasteiger partial charge in [0.05, 0.1) is 22.3 Å². The van der Waals surface area contributed by atoms with E-state index in [4.69, 9.17) is 4.52 Å². The highest BCUT2D eigenvalue weighted by Gasteiger charge is 2.25. The Labute approximate surface area is 176 Å². The second-order valence-electron chi connectivity index (χ2n) is 5.90. The van der Waals surface area contributed by atoms with Crippen molar-refractivity contribution in [3.63, 3.8) is 0 Å². The van der Waals surface area contributed by atoms with Crippen LogP contribution in [0.4, 0.5) is 4.39 Å². The molecule has 0 amide bonds. The predicted molar refractivity (Wildman–Crippen MR) is 110 cm³/mol. The van der Waals surface area contributed by atoms with Gasteiger partial charge in [-0.15, -0.1) is 23.7 Å². The van der Waals surface area contributed by atoms with Gasteiger partial charge >= 0.3 is 0 Å². The molecule has 0 aliphatic carbocycles. The highest BCUT2D eigenvalue weighted by molar-refractivity contribution is 7.92. The summed E-state index contributed by atoms with van der Waals surface area (Å²) in [5.74, 6) is -0.255. The Morgan fingerprint density at radius 1 is 1.24 bits per heavy atom. The molecule has 0 unspecified atom stereocenters. The topological polar surface area (TPSA) is 90.0 Å². The molecule has 4 aromatic rings. The van der Waals surface area contributed by atoms with Crippen LogP contribution in [0.2, 0.25) is 0 Å². The van der Waals surface area contributed by atoms with E-state index in [0.29, 0.717) is 22.7 Å². The second-order valence-corrected chi connectivity index (χ2v) is 9.03. The van der Waals surface area contributed by atoms with Crippen LogP contribution in [0, 0.1) is 5.95 Å². The summed E-state index contributed by atoms with van der Waals surface area (Å²) in [6, 6.07) is 9.51. The van der Waals surface area contributed by atoms with Crippen molar-refractivity contribution in [2.75, 3.05) is 7.05 Å². The Hall–Kier alpha value is -2.53. The zero-order chi connectivity index (χ0) is 19.7. The van der Waals surface area contributed by atoms with Crippen molar-refractivity contribution >= 4 is 33.8 Å². The molecule has 0 spiro atoms. The Morgan fingerprint density at radius 3 is 2.76 bits per heavy atom. The van der Waals surface area contributed by atoms with Crippen molar-refractivity contribution in [3.8, 4) is 21.9 Å². The molecule has 0 fully saturated rings. The first-order valence-corrected chi connectivity index (χ1v) is 10.5. The van der Waals surface area contributed by atoms with E-state index in [1.807, 2.05) is 0 Å². The standard InChI is InChI=1S/C18H15FN4O3S2.ClH/c1-20-10-12-9-14(13-3-2-7-21-18(13)19)23(11-12)28(24,25)17-5-4-16(27-17)15-6-8-22-26-15;/h2-9,11,20H,10H2,1H3;1H. The molecule has 7 nitrogen and oxygen atoms in total. The zero-order valence-corrected chi connectivity index (χ0v) is 17.5. The summed E-state index contributed by atoms with van der Waals surface area (Å²) in [6.45, 7) is 0.436. The molecule has 0 aliphatic heterocycles. The molecule has 4 rings (SSSR count). The van der Waals surface area contributed by atoms with Gasteiger partial charge in [0.15, 0.2) is 5.76 Å². The number of pyridine rings is 1. The lowest BCUT2D eigenvalue weighted by atomic mass is 10.2. The minimum Gasteiger partial charge on any atom is -0.355 e. The normalized spacial score (nSPS) is 11.4. The summed E-state index contributed by atoms with van der Waals surface area (Å²) in [4.78, 5) is 4.27. The minimum atomic E-state index is -3.95. The number of nitrogens with zero attached hydrogens (tertiary/aromatic N) is 3. The number of halogens is 2. The molecule has 0 bridgehead atoms. The van der Waals surface area contributed by atoms with E-state index in [2.05, 4.69) is 15.5 Å². The summed E-state index contributed by atoms with van der Waals surface area (Å²) in [6.07, 6.45) is 4.29. The highest BCUT2D eigenvalue weighted by Crippen LogP contribution is 2.34. The van der Waals surface area contributed by atoms with Crippen LogP contribution >= 0.6 is 23.7 Å². The lowest BCUT2D eigenvalue weighted by Gasteiger charge is -2.09. The fourth-order valence-electron chi connectivity index (χ4n) is 2.80. The van der Waals surface area contributed by atoms with Crippen molar-refractivity contribution in [2.24, 2.45) is 0 Å². The number of rotatable bonds is 6. The predicted octanol–water partition coefficient (Wildman–Crippen LogP) is 3.78. The third kappa shape index (κ3) is 3.97. The van der Waals surface area contributed by atoms with E-state index in [1.165, 1.54) is 30.7 Å². The number of nitrogens with one attached hydrogen (secondary N) is 1. The van der Waals surface area contributed by atoms with Gasteiger partial charge in [-0.2, -0.15) is 12.8 Å². The maximum Gasteiger partial charge on any atom is 0.277 e. The molecule has 4 heterocycles. The molecule has 0 aromatic carbocycles. The van der Waals surface area contributed by atoms with Gasteiger partial charge in [0.25, 0.3) is 10.0 Å². The molecule has 0 atom stereocenters. The van der Waals surface area contributed by atoms with Gasteiger partial charge in [-0.05, 0) is 42.9 Å². The van der Waals surface area contributed by atoms with Crippen LogP contribution in [0.5, 0.6) is 0 Å². The SMILES string of the molecule is CNCc1cc(-c2cccnc2F)n(S(=O)(=O)c2ccc(-c3ccno3)s2)c1.Cl. The third-order valence-electron chi connectivity index (χ3n) is 4.03. The minimum absolute atomic E-state index is 0. The van der Waals surface area contributed by atoms with Crippen LogP contribution in [0.15, 0.2) is 63.7 Å². The molecule has 152 valence electrons. The summed E-state index contributed by atoms with van der Waals surface area (Å²) in [5.41, 5.74) is 1.03. The molecule has 29 heavy (non-hydrogen) atoms. The third-order valence-corrected chi connectivity index (χ3v) is 7.27. The van der Waals surface area contributed by atoms with Gasteiger partial charge in [0.2, 0.25) is 5.95 Å². The van der Waals surface area contributed by atoms with Gasteiger partial charge in [-0.25, -0.2) is 8.96 Å². The summed E-state index contributed by atoms with van der Waals surface area (Å²) in [5, 5.41) is 6.61. The largest absolute Gasteiger partial charge is 0.355 e.